The van der Waals surface area contributed by atoms with E-state index in [1.807, 2.05) is 12.1 Å². The summed E-state index contributed by atoms with van der Waals surface area (Å²) in [5, 5.41) is 0. The van der Waals surface area contributed by atoms with Crippen molar-refractivity contribution >= 4 is 15.9 Å². The first-order chi connectivity index (χ1) is 9.24. The second kappa shape index (κ2) is 7.15. The zero-order valence-electron chi connectivity index (χ0n) is 11.5. The van der Waals surface area contributed by atoms with Crippen LogP contribution < -0.4 is 15.2 Å². The zero-order chi connectivity index (χ0) is 13.7. The highest BCUT2D eigenvalue weighted by Gasteiger charge is 2.17. The molecule has 0 radical (unpaired) electrons. The highest BCUT2D eigenvalue weighted by Crippen LogP contribution is 2.37. The maximum Gasteiger partial charge on any atom is 0.175 e. The molecule has 2 N–H and O–H groups in total. The fourth-order valence-corrected chi connectivity index (χ4v) is 3.19. The van der Waals surface area contributed by atoms with Gasteiger partial charge in [-0.25, -0.2) is 0 Å². The highest BCUT2D eigenvalue weighted by molar-refractivity contribution is 9.10. The minimum Gasteiger partial charge on any atom is -0.493 e. The van der Waals surface area contributed by atoms with Crippen molar-refractivity contribution in [1.29, 1.82) is 0 Å². The molecule has 19 heavy (non-hydrogen) atoms. The van der Waals surface area contributed by atoms with Crippen LogP contribution in [0.25, 0.3) is 0 Å². The third-order valence-electron chi connectivity index (χ3n) is 3.71. The molecule has 0 atom stereocenters. The lowest BCUT2D eigenvalue weighted by atomic mass is 9.90. The maximum atomic E-state index is 5.99. The van der Waals surface area contributed by atoms with Crippen molar-refractivity contribution in [2.45, 2.75) is 38.6 Å². The van der Waals surface area contributed by atoms with E-state index >= 15 is 0 Å². The van der Waals surface area contributed by atoms with Gasteiger partial charge in [-0.1, -0.05) is 19.3 Å². The fourth-order valence-electron chi connectivity index (χ4n) is 2.59. The standard InChI is InChI=1S/C15H22BrNO2/c1-18-14-8-12(9-17)7-13(16)15(14)19-10-11-5-3-2-4-6-11/h7-8,11H,2-6,9-10,17H2,1H3. The van der Waals surface area contributed by atoms with Gasteiger partial charge in [0.1, 0.15) is 0 Å². The van der Waals surface area contributed by atoms with Gasteiger partial charge in [-0.15, -0.1) is 0 Å². The molecule has 1 aliphatic rings. The summed E-state index contributed by atoms with van der Waals surface area (Å²) in [5.41, 5.74) is 6.70. The molecular weight excluding hydrogens is 306 g/mol. The number of methoxy groups -OCH3 is 1. The van der Waals surface area contributed by atoms with Gasteiger partial charge in [0.25, 0.3) is 0 Å². The minimum atomic E-state index is 0.498. The Balaban J connectivity index is 2.05. The van der Waals surface area contributed by atoms with Crippen molar-refractivity contribution < 1.29 is 9.47 Å². The molecule has 2 rings (SSSR count). The molecule has 1 aromatic rings. The SMILES string of the molecule is COc1cc(CN)cc(Br)c1OCC1CCCCC1. The number of hydrogen-bond acceptors (Lipinski definition) is 3. The second-order valence-electron chi connectivity index (χ2n) is 5.13. The summed E-state index contributed by atoms with van der Waals surface area (Å²) in [7, 11) is 1.66. The van der Waals surface area contributed by atoms with Crippen LogP contribution >= 0.6 is 15.9 Å². The molecule has 1 aliphatic carbocycles. The molecule has 0 bridgehead atoms. The van der Waals surface area contributed by atoms with Crippen LogP contribution in [0, 0.1) is 5.92 Å². The average molecular weight is 328 g/mol. The van der Waals surface area contributed by atoms with Crippen molar-refractivity contribution in [2.75, 3.05) is 13.7 Å². The molecule has 0 spiro atoms. The third kappa shape index (κ3) is 3.86. The Morgan fingerprint density at radius 2 is 2.00 bits per heavy atom. The van der Waals surface area contributed by atoms with E-state index in [-0.39, 0.29) is 0 Å². The van der Waals surface area contributed by atoms with E-state index in [1.54, 1.807) is 7.11 Å². The Hall–Kier alpha value is -0.740. The first-order valence-electron chi connectivity index (χ1n) is 6.94. The van der Waals surface area contributed by atoms with Gasteiger partial charge in [-0.05, 0) is 52.4 Å². The number of halogens is 1. The molecule has 1 fully saturated rings. The Labute approximate surface area is 123 Å². The van der Waals surface area contributed by atoms with Crippen LogP contribution in [0.4, 0.5) is 0 Å². The molecule has 0 amide bonds. The lowest BCUT2D eigenvalue weighted by molar-refractivity contribution is 0.201. The smallest absolute Gasteiger partial charge is 0.175 e. The van der Waals surface area contributed by atoms with E-state index in [9.17, 15) is 0 Å². The predicted molar refractivity (Wildman–Crippen MR) is 80.7 cm³/mol. The van der Waals surface area contributed by atoms with Gasteiger partial charge in [0.2, 0.25) is 0 Å². The summed E-state index contributed by atoms with van der Waals surface area (Å²) in [5.74, 6) is 2.23. The van der Waals surface area contributed by atoms with E-state index in [2.05, 4.69) is 15.9 Å². The van der Waals surface area contributed by atoms with E-state index < -0.39 is 0 Å². The quantitative estimate of drug-likeness (QED) is 0.892. The Bertz CT molecular complexity index is 417. The number of ether oxygens (including phenoxy) is 2. The molecular formula is C15H22BrNO2. The number of rotatable bonds is 5. The predicted octanol–water partition coefficient (Wildman–Crippen LogP) is 3.88. The van der Waals surface area contributed by atoms with Gasteiger partial charge in [0.15, 0.2) is 11.5 Å². The molecule has 1 saturated carbocycles. The minimum absolute atomic E-state index is 0.498. The lowest BCUT2D eigenvalue weighted by Gasteiger charge is -2.23. The number of benzene rings is 1. The molecule has 106 valence electrons. The van der Waals surface area contributed by atoms with Crippen molar-refractivity contribution in [2.24, 2.45) is 11.7 Å². The van der Waals surface area contributed by atoms with Gasteiger partial charge >= 0.3 is 0 Å². The molecule has 0 aromatic heterocycles. The molecule has 3 nitrogen and oxygen atoms in total. The van der Waals surface area contributed by atoms with Crippen molar-refractivity contribution in [3.8, 4) is 11.5 Å². The third-order valence-corrected chi connectivity index (χ3v) is 4.30. The summed E-state index contributed by atoms with van der Waals surface area (Å²) in [6.45, 7) is 1.27. The number of hydrogen-bond donors (Lipinski definition) is 1. The summed E-state index contributed by atoms with van der Waals surface area (Å²) in [4.78, 5) is 0. The van der Waals surface area contributed by atoms with Crippen LogP contribution in [-0.4, -0.2) is 13.7 Å². The highest BCUT2D eigenvalue weighted by atomic mass is 79.9. The van der Waals surface area contributed by atoms with E-state index in [0.717, 1.165) is 28.1 Å². The second-order valence-corrected chi connectivity index (χ2v) is 5.98. The topological polar surface area (TPSA) is 44.5 Å². The van der Waals surface area contributed by atoms with Crippen LogP contribution in [0.3, 0.4) is 0 Å². The normalized spacial score (nSPS) is 16.4. The fraction of sp³-hybridized carbons (Fsp3) is 0.600. The van der Waals surface area contributed by atoms with Gasteiger partial charge in [-0.2, -0.15) is 0 Å². The lowest BCUT2D eigenvalue weighted by Crippen LogP contribution is -2.15. The summed E-state index contributed by atoms with van der Waals surface area (Å²) in [6, 6.07) is 3.94. The number of nitrogens with two attached hydrogens (primary N) is 1. The summed E-state index contributed by atoms with van der Waals surface area (Å²) in [6.07, 6.45) is 6.59. The van der Waals surface area contributed by atoms with Crippen LogP contribution in [-0.2, 0) is 6.54 Å². The van der Waals surface area contributed by atoms with Crippen molar-refractivity contribution in [3.05, 3.63) is 22.2 Å². The van der Waals surface area contributed by atoms with E-state index in [4.69, 9.17) is 15.2 Å². The van der Waals surface area contributed by atoms with Crippen LogP contribution in [0.2, 0.25) is 0 Å². The van der Waals surface area contributed by atoms with Gasteiger partial charge in [-0.3, -0.25) is 0 Å². The Kier molecular flexibility index (Phi) is 5.52. The Morgan fingerprint density at radius 3 is 2.63 bits per heavy atom. The molecule has 0 unspecified atom stereocenters. The largest absolute Gasteiger partial charge is 0.493 e. The zero-order valence-corrected chi connectivity index (χ0v) is 13.0. The van der Waals surface area contributed by atoms with Gasteiger partial charge < -0.3 is 15.2 Å². The van der Waals surface area contributed by atoms with Gasteiger partial charge in [0.05, 0.1) is 18.2 Å². The summed E-state index contributed by atoms with van der Waals surface area (Å²) < 4.78 is 12.3. The molecule has 0 saturated heterocycles. The van der Waals surface area contributed by atoms with E-state index in [1.165, 1.54) is 32.1 Å². The van der Waals surface area contributed by atoms with Crippen LogP contribution in [0.1, 0.15) is 37.7 Å². The monoisotopic (exact) mass is 327 g/mol. The maximum absolute atomic E-state index is 5.99. The molecule has 4 heteroatoms. The van der Waals surface area contributed by atoms with Crippen molar-refractivity contribution in [3.63, 3.8) is 0 Å². The Morgan fingerprint density at radius 1 is 1.26 bits per heavy atom. The molecule has 0 aliphatic heterocycles. The van der Waals surface area contributed by atoms with Crippen LogP contribution in [0.15, 0.2) is 16.6 Å². The first-order valence-corrected chi connectivity index (χ1v) is 7.73. The first kappa shape index (κ1) is 14.7. The average Bonchev–Trinajstić information content (AvgIpc) is 2.46. The van der Waals surface area contributed by atoms with Crippen molar-refractivity contribution in [1.82, 2.24) is 0 Å². The van der Waals surface area contributed by atoms with Crippen LogP contribution in [0.5, 0.6) is 11.5 Å². The molecule has 1 aromatic carbocycles. The van der Waals surface area contributed by atoms with Gasteiger partial charge in [0, 0.05) is 6.54 Å². The summed E-state index contributed by atoms with van der Waals surface area (Å²) >= 11 is 3.54. The molecule has 0 heterocycles. The van der Waals surface area contributed by atoms with E-state index in [0.29, 0.717) is 12.5 Å².